The zero-order chi connectivity index (χ0) is 13.4. The molecule has 7 nitrogen and oxygen atoms in total. The van der Waals surface area contributed by atoms with E-state index in [-0.39, 0.29) is 5.41 Å². The van der Waals surface area contributed by atoms with E-state index in [9.17, 15) is 4.79 Å². The normalized spacial score (nSPS) is 30.3. The Morgan fingerprint density at radius 3 is 2.83 bits per heavy atom. The van der Waals surface area contributed by atoms with Gasteiger partial charge in [0.15, 0.2) is 0 Å². The number of nitrogens with zero attached hydrogens (tertiary/aromatic N) is 4. The summed E-state index contributed by atoms with van der Waals surface area (Å²) in [4.78, 5) is 11.0. The molecule has 2 N–H and O–H groups in total. The number of carbonyl (C=O) groups excluding carboxylic acids is 1. The Balaban J connectivity index is 2.14. The maximum atomic E-state index is 11.0. The molecular formula is C11H19N5O2. The van der Waals surface area contributed by atoms with Gasteiger partial charge in [0, 0.05) is 12.0 Å². The van der Waals surface area contributed by atoms with E-state index in [0.29, 0.717) is 5.92 Å². The third-order valence-electron chi connectivity index (χ3n) is 4.48. The molecule has 2 atom stereocenters. The number of primary amides is 1. The fourth-order valence-corrected chi connectivity index (χ4v) is 2.78. The molecule has 0 unspecified atom stereocenters. The van der Waals surface area contributed by atoms with Crippen LogP contribution in [0.5, 0.6) is 0 Å². The molecule has 1 aliphatic carbocycles. The molecule has 1 aliphatic rings. The van der Waals surface area contributed by atoms with Gasteiger partial charge in [-0.05, 0) is 36.1 Å². The highest BCUT2D eigenvalue weighted by Crippen LogP contribution is 2.52. The number of amides is 1. The van der Waals surface area contributed by atoms with E-state index in [4.69, 9.17) is 10.5 Å². The number of aromatic nitrogens is 4. The first-order chi connectivity index (χ1) is 8.35. The van der Waals surface area contributed by atoms with Gasteiger partial charge in [-0.1, -0.05) is 13.8 Å². The predicted molar refractivity (Wildman–Crippen MR) is 63.4 cm³/mol. The highest BCUT2D eigenvalue weighted by Gasteiger charge is 2.54. The van der Waals surface area contributed by atoms with Crippen LogP contribution in [0, 0.1) is 11.3 Å². The maximum absolute atomic E-state index is 11.0. The number of ether oxygens (including phenoxy) is 1. The van der Waals surface area contributed by atoms with Crippen LogP contribution < -0.4 is 5.73 Å². The molecule has 1 aromatic rings. The van der Waals surface area contributed by atoms with Crippen molar-refractivity contribution in [2.75, 3.05) is 0 Å². The number of nitrogens with two attached hydrogens (primary N) is 1. The van der Waals surface area contributed by atoms with Crippen LogP contribution in [0.25, 0.3) is 0 Å². The van der Waals surface area contributed by atoms with Crippen molar-refractivity contribution in [1.82, 2.24) is 20.2 Å². The molecule has 1 aromatic heterocycles. The predicted octanol–water partition coefficient (Wildman–Crippen LogP) is 0.963. The summed E-state index contributed by atoms with van der Waals surface area (Å²) in [5.41, 5.74) is 4.46. The van der Waals surface area contributed by atoms with Crippen LogP contribution in [0.2, 0.25) is 0 Å². The van der Waals surface area contributed by atoms with Crippen LogP contribution in [0.3, 0.4) is 0 Å². The highest BCUT2D eigenvalue weighted by molar-refractivity contribution is 5.65. The molecule has 1 saturated carbocycles. The van der Waals surface area contributed by atoms with Gasteiger partial charge >= 0.3 is 6.09 Å². The van der Waals surface area contributed by atoms with E-state index in [1.807, 2.05) is 6.92 Å². The van der Waals surface area contributed by atoms with Crippen LogP contribution in [-0.2, 0) is 11.3 Å². The van der Waals surface area contributed by atoms with E-state index >= 15 is 0 Å². The molecule has 0 bridgehead atoms. The van der Waals surface area contributed by atoms with Crippen molar-refractivity contribution in [2.45, 2.75) is 45.8 Å². The molecule has 2 rings (SSSR count). The molecule has 0 aliphatic heterocycles. The first kappa shape index (κ1) is 12.8. The zero-order valence-corrected chi connectivity index (χ0v) is 11.0. The lowest BCUT2D eigenvalue weighted by molar-refractivity contribution is -0.0535. The van der Waals surface area contributed by atoms with Crippen LogP contribution in [0.1, 0.15) is 33.6 Å². The third-order valence-corrected chi connectivity index (χ3v) is 4.48. The molecule has 0 radical (unpaired) electrons. The second kappa shape index (κ2) is 4.22. The molecule has 7 heteroatoms. The first-order valence-electron chi connectivity index (χ1n) is 6.04. The topological polar surface area (TPSA) is 95.9 Å². The molecule has 1 heterocycles. The fourth-order valence-electron chi connectivity index (χ4n) is 2.78. The van der Waals surface area contributed by atoms with Gasteiger partial charge in [-0.15, -0.1) is 5.10 Å². The van der Waals surface area contributed by atoms with Gasteiger partial charge in [-0.2, -0.15) is 0 Å². The summed E-state index contributed by atoms with van der Waals surface area (Å²) >= 11 is 0. The molecule has 0 aromatic carbocycles. The van der Waals surface area contributed by atoms with Crippen molar-refractivity contribution < 1.29 is 9.53 Å². The lowest BCUT2D eigenvalue weighted by atomic mass is 9.73. The van der Waals surface area contributed by atoms with E-state index in [2.05, 4.69) is 29.4 Å². The number of rotatable bonds is 3. The van der Waals surface area contributed by atoms with Crippen molar-refractivity contribution in [3.63, 3.8) is 0 Å². The second-order valence-electron chi connectivity index (χ2n) is 5.64. The SMILES string of the molecule is CC1(C)[C@@H](Cn2cnnn2)CC[C@@]1(C)OC(N)=O. The lowest BCUT2D eigenvalue weighted by Gasteiger charge is -2.40. The molecule has 100 valence electrons. The fraction of sp³-hybridized carbons (Fsp3) is 0.818. The third kappa shape index (κ3) is 2.04. The highest BCUT2D eigenvalue weighted by atomic mass is 16.6. The largest absolute Gasteiger partial charge is 0.443 e. The lowest BCUT2D eigenvalue weighted by Crippen LogP contribution is -2.46. The summed E-state index contributed by atoms with van der Waals surface area (Å²) in [7, 11) is 0. The second-order valence-corrected chi connectivity index (χ2v) is 5.64. The first-order valence-corrected chi connectivity index (χ1v) is 6.04. The van der Waals surface area contributed by atoms with Crippen LogP contribution in [0.15, 0.2) is 6.33 Å². The number of hydrogen-bond donors (Lipinski definition) is 1. The number of hydrogen-bond acceptors (Lipinski definition) is 5. The Labute approximate surface area is 106 Å². The Morgan fingerprint density at radius 1 is 1.56 bits per heavy atom. The van der Waals surface area contributed by atoms with Crippen LogP contribution in [0.4, 0.5) is 4.79 Å². The summed E-state index contributed by atoms with van der Waals surface area (Å²) in [6, 6.07) is 0. The van der Waals surface area contributed by atoms with Crippen molar-refractivity contribution in [3.8, 4) is 0 Å². The van der Waals surface area contributed by atoms with E-state index in [1.54, 1.807) is 11.0 Å². The summed E-state index contributed by atoms with van der Waals surface area (Å²) in [6.45, 7) is 6.85. The monoisotopic (exact) mass is 253 g/mol. The summed E-state index contributed by atoms with van der Waals surface area (Å²) in [5, 5.41) is 11.1. The Hall–Kier alpha value is -1.66. The molecular weight excluding hydrogens is 234 g/mol. The van der Waals surface area contributed by atoms with Gasteiger partial charge in [-0.25, -0.2) is 9.48 Å². The average molecular weight is 253 g/mol. The average Bonchev–Trinajstić information content (AvgIpc) is 2.81. The van der Waals surface area contributed by atoms with E-state index in [0.717, 1.165) is 19.4 Å². The Kier molecular flexibility index (Phi) is 3.00. The van der Waals surface area contributed by atoms with Crippen molar-refractivity contribution in [3.05, 3.63) is 6.33 Å². The van der Waals surface area contributed by atoms with Crippen molar-refractivity contribution in [2.24, 2.45) is 17.1 Å². The summed E-state index contributed by atoms with van der Waals surface area (Å²) in [6.07, 6.45) is 2.64. The molecule has 1 amide bonds. The minimum absolute atomic E-state index is 0.173. The van der Waals surface area contributed by atoms with Crippen molar-refractivity contribution in [1.29, 1.82) is 0 Å². The molecule has 18 heavy (non-hydrogen) atoms. The van der Waals surface area contributed by atoms with Gasteiger partial charge < -0.3 is 10.5 Å². The summed E-state index contributed by atoms with van der Waals surface area (Å²) in [5.74, 6) is 0.338. The van der Waals surface area contributed by atoms with Gasteiger partial charge in [0.2, 0.25) is 0 Å². The Bertz CT molecular complexity index is 431. The molecule has 0 spiro atoms. The van der Waals surface area contributed by atoms with Crippen LogP contribution >= 0.6 is 0 Å². The van der Waals surface area contributed by atoms with Gasteiger partial charge in [0.05, 0.1) is 0 Å². The van der Waals surface area contributed by atoms with Crippen molar-refractivity contribution >= 4 is 6.09 Å². The van der Waals surface area contributed by atoms with Gasteiger partial charge in [0.25, 0.3) is 0 Å². The quantitative estimate of drug-likeness (QED) is 0.865. The smallest absolute Gasteiger partial charge is 0.405 e. The maximum Gasteiger partial charge on any atom is 0.405 e. The minimum Gasteiger partial charge on any atom is -0.443 e. The standard InChI is InChI=1S/C11H19N5O2/c1-10(2)8(6-16-7-13-14-15-16)4-5-11(10,3)18-9(12)17/h7-8H,4-6H2,1-3H3,(H2,12,17)/t8-,11-/m1/s1. The Morgan fingerprint density at radius 2 is 2.28 bits per heavy atom. The summed E-state index contributed by atoms with van der Waals surface area (Å²) < 4.78 is 7.05. The van der Waals surface area contributed by atoms with Crippen LogP contribution in [-0.4, -0.2) is 31.9 Å². The number of carbonyl (C=O) groups is 1. The minimum atomic E-state index is -0.714. The van der Waals surface area contributed by atoms with E-state index in [1.165, 1.54) is 0 Å². The molecule has 1 fully saturated rings. The van der Waals surface area contributed by atoms with Gasteiger partial charge in [0.1, 0.15) is 11.9 Å². The van der Waals surface area contributed by atoms with E-state index < -0.39 is 11.7 Å². The van der Waals surface area contributed by atoms with Gasteiger partial charge in [-0.3, -0.25) is 0 Å². The zero-order valence-electron chi connectivity index (χ0n) is 11.0. The molecule has 0 saturated heterocycles. The number of tetrazole rings is 1.